The molecule has 0 aliphatic rings. The minimum absolute atomic E-state index is 0.504. The lowest BCUT2D eigenvalue weighted by atomic mass is 10.3. The molecule has 4 nitrogen and oxygen atoms in total. The molecule has 2 rings (SSSR count). The van der Waals surface area contributed by atoms with Gasteiger partial charge in [0.25, 0.3) is 0 Å². The first-order valence-electron chi connectivity index (χ1n) is 5.68. The number of benzene rings is 2. The van der Waals surface area contributed by atoms with Crippen molar-refractivity contribution in [1.29, 1.82) is 0 Å². The van der Waals surface area contributed by atoms with Gasteiger partial charge in [-0.25, -0.2) is 0 Å². The van der Waals surface area contributed by atoms with Crippen molar-refractivity contribution in [3.63, 3.8) is 0 Å². The van der Waals surface area contributed by atoms with E-state index in [1.165, 1.54) is 0 Å². The fourth-order valence-electron chi connectivity index (χ4n) is 1.48. The number of nitrogens with one attached hydrogen (secondary N) is 2. The van der Waals surface area contributed by atoms with Crippen LogP contribution in [0.25, 0.3) is 0 Å². The highest BCUT2D eigenvalue weighted by Gasteiger charge is 2.13. The van der Waals surface area contributed by atoms with E-state index in [2.05, 4.69) is 26.6 Å². The molecule has 0 fully saturated rings. The van der Waals surface area contributed by atoms with E-state index in [1.54, 1.807) is 42.5 Å². The van der Waals surface area contributed by atoms with Crippen LogP contribution in [0.1, 0.15) is 0 Å². The molecule has 0 atom stereocenters. The van der Waals surface area contributed by atoms with Crippen LogP contribution in [0.3, 0.4) is 0 Å². The van der Waals surface area contributed by atoms with E-state index in [4.69, 9.17) is 11.6 Å². The van der Waals surface area contributed by atoms with Crippen LogP contribution in [0.2, 0.25) is 5.02 Å². The molecule has 0 saturated carbocycles. The summed E-state index contributed by atoms with van der Waals surface area (Å²) in [5.41, 5.74) is 1.04. The molecule has 0 radical (unpaired) electrons. The molecule has 6 heteroatoms. The summed E-state index contributed by atoms with van der Waals surface area (Å²) in [7, 11) is 0. The van der Waals surface area contributed by atoms with E-state index < -0.39 is 11.8 Å². The molecular weight excluding hydrogens is 344 g/mol. The van der Waals surface area contributed by atoms with Crippen LogP contribution in [0.4, 0.5) is 11.4 Å². The normalized spacial score (nSPS) is 9.90. The van der Waals surface area contributed by atoms with Gasteiger partial charge in [0.15, 0.2) is 0 Å². The van der Waals surface area contributed by atoms with E-state index in [0.717, 1.165) is 4.47 Å². The number of hydrogen-bond acceptors (Lipinski definition) is 2. The lowest BCUT2D eigenvalue weighted by molar-refractivity contribution is -0.132. The summed E-state index contributed by atoms with van der Waals surface area (Å²) in [5, 5.41) is 5.55. The smallest absolute Gasteiger partial charge is 0.314 e. The first kappa shape index (κ1) is 14.6. The third-order valence-corrected chi connectivity index (χ3v) is 3.14. The summed E-state index contributed by atoms with van der Waals surface area (Å²) in [5.74, 6) is -1.48. The molecule has 0 saturated heterocycles. The van der Waals surface area contributed by atoms with Gasteiger partial charge in [-0.15, -0.1) is 0 Å². The molecule has 2 N–H and O–H groups in total. The van der Waals surface area contributed by atoms with Crippen molar-refractivity contribution in [2.45, 2.75) is 0 Å². The van der Waals surface area contributed by atoms with Crippen molar-refractivity contribution >= 4 is 50.7 Å². The molecule has 102 valence electrons. The second-order valence-corrected chi connectivity index (χ2v) is 5.28. The number of halogens is 2. The average Bonchev–Trinajstić information content (AvgIpc) is 2.41. The zero-order valence-electron chi connectivity index (χ0n) is 10.2. The van der Waals surface area contributed by atoms with Crippen molar-refractivity contribution in [3.05, 3.63) is 58.0 Å². The average molecular weight is 354 g/mol. The lowest BCUT2D eigenvalue weighted by Gasteiger charge is -2.06. The van der Waals surface area contributed by atoms with Crippen molar-refractivity contribution in [2.24, 2.45) is 0 Å². The van der Waals surface area contributed by atoms with E-state index in [1.807, 2.05) is 6.07 Å². The number of rotatable bonds is 2. The predicted octanol–water partition coefficient (Wildman–Crippen LogP) is 3.68. The number of amides is 2. The Bertz CT molecular complexity index is 644. The highest BCUT2D eigenvalue weighted by molar-refractivity contribution is 9.10. The fraction of sp³-hybridized carbons (Fsp3) is 0. The molecule has 0 unspecified atom stereocenters. The molecule has 2 aromatic rings. The molecule has 0 aliphatic carbocycles. The van der Waals surface area contributed by atoms with E-state index in [0.29, 0.717) is 16.4 Å². The van der Waals surface area contributed by atoms with Crippen LogP contribution in [0, 0.1) is 0 Å². The second-order valence-electron chi connectivity index (χ2n) is 3.93. The van der Waals surface area contributed by atoms with Crippen molar-refractivity contribution < 1.29 is 9.59 Å². The maximum atomic E-state index is 11.7. The highest BCUT2D eigenvalue weighted by Crippen LogP contribution is 2.16. The van der Waals surface area contributed by atoms with Crippen LogP contribution in [-0.2, 0) is 9.59 Å². The molecule has 0 bridgehead atoms. The molecule has 0 heterocycles. The summed E-state index contributed by atoms with van der Waals surface area (Å²) < 4.78 is 0.813. The van der Waals surface area contributed by atoms with E-state index >= 15 is 0 Å². The first-order valence-corrected chi connectivity index (χ1v) is 6.85. The third-order valence-electron chi connectivity index (χ3n) is 2.39. The van der Waals surface area contributed by atoms with Gasteiger partial charge in [-0.1, -0.05) is 33.6 Å². The molecule has 2 aromatic carbocycles. The Morgan fingerprint density at radius 2 is 1.50 bits per heavy atom. The summed E-state index contributed by atoms with van der Waals surface area (Å²) in [4.78, 5) is 23.4. The third kappa shape index (κ3) is 4.08. The van der Waals surface area contributed by atoms with Crippen LogP contribution in [0.15, 0.2) is 53.0 Å². The predicted molar refractivity (Wildman–Crippen MR) is 82.9 cm³/mol. The fourth-order valence-corrected chi connectivity index (χ4v) is 2.00. The lowest BCUT2D eigenvalue weighted by Crippen LogP contribution is -2.29. The Morgan fingerprint density at radius 3 is 2.10 bits per heavy atom. The SMILES string of the molecule is O=C(Nc1ccc(Cl)cc1)C(=O)Nc1cccc(Br)c1. The standard InChI is InChI=1S/C14H10BrClN2O2/c15-9-2-1-3-12(8-9)18-14(20)13(19)17-11-6-4-10(16)5-7-11/h1-8H,(H,17,19)(H,18,20). The van der Waals surface area contributed by atoms with E-state index in [9.17, 15) is 9.59 Å². The quantitative estimate of drug-likeness (QED) is 0.809. The van der Waals surface area contributed by atoms with Gasteiger partial charge in [0, 0.05) is 20.9 Å². The summed E-state index contributed by atoms with van der Waals surface area (Å²) in [6.45, 7) is 0. The summed E-state index contributed by atoms with van der Waals surface area (Å²) in [6, 6.07) is 13.5. The van der Waals surface area contributed by atoms with Gasteiger partial charge >= 0.3 is 11.8 Å². The van der Waals surface area contributed by atoms with Gasteiger partial charge in [-0.3, -0.25) is 9.59 Å². The molecule has 0 spiro atoms. The minimum atomic E-state index is -0.743. The number of carbonyl (C=O) groups is 2. The largest absolute Gasteiger partial charge is 0.318 e. The van der Waals surface area contributed by atoms with Crippen molar-refractivity contribution in [2.75, 3.05) is 10.6 Å². The maximum Gasteiger partial charge on any atom is 0.314 e. The maximum absolute atomic E-state index is 11.7. The Labute approximate surface area is 129 Å². The monoisotopic (exact) mass is 352 g/mol. The Kier molecular flexibility index (Phi) is 4.76. The van der Waals surface area contributed by atoms with Gasteiger partial charge in [-0.2, -0.15) is 0 Å². The van der Waals surface area contributed by atoms with Crippen molar-refractivity contribution in [1.82, 2.24) is 0 Å². The van der Waals surface area contributed by atoms with Crippen LogP contribution < -0.4 is 10.6 Å². The number of hydrogen-bond donors (Lipinski definition) is 2. The molecule has 0 aromatic heterocycles. The zero-order valence-corrected chi connectivity index (χ0v) is 12.5. The highest BCUT2D eigenvalue weighted by atomic mass is 79.9. The Balaban J connectivity index is 1.98. The molecular formula is C14H10BrClN2O2. The van der Waals surface area contributed by atoms with Crippen LogP contribution >= 0.6 is 27.5 Å². The Hall–Kier alpha value is -1.85. The summed E-state index contributed by atoms with van der Waals surface area (Å²) in [6.07, 6.45) is 0. The molecule has 2 amide bonds. The van der Waals surface area contributed by atoms with E-state index in [-0.39, 0.29) is 0 Å². The van der Waals surface area contributed by atoms with Gasteiger partial charge < -0.3 is 10.6 Å². The topological polar surface area (TPSA) is 58.2 Å². The van der Waals surface area contributed by atoms with Crippen molar-refractivity contribution in [3.8, 4) is 0 Å². The first-order chi connectivity index (χ1) is 9.54. The molecule has 0 aliphatic heterocycles. The second kappa shape index (κ2) is 6.54. The van der Waals surface area contributed by atoms with Gasteiger partial charge in [-0.05, 0) is 42.5 Å². The van der Waals surface area contributed by atoms with Crippen LogP contribution in [0.5, 0.6) is 0 Å². The van der Waals surface area contributed by atoms with Gasteiger partial charge in [0.05, 0.1) is 0 Å². The minimum Gasteiger partial charge on any atom is -0.318 e. The number of carbonyl (C=O) groups excluding carboxylic acids is 2. The van der Waals surface area contributed by atoms with Gasteiger partial charge in [0.2, 0.25) is 0 Å². The number of anilines is 2. The molecule has 20 heavy (non-hydrogen) atoms. The Morgan fingerprint density at radius 1 is 0.900 bits per heavy atom. The zero-order chi connectivity index (χ0) is 14.5. The van der Waals surface area contributed by atoms with Gasteiger partial charge in [0.1, 0.15) is 0 Å². The van der Waals surface area contributed by atoms with Crippen LogP contribution in [-0.4, -0.2) is 11.8 Å². The summed E-state index contributed by atoms with van der Waals surface area (Å²) >= 11 is 9.02.